The van der Waals surface area contributed by atoms with Crippen molar-refractivity contribution in [3.05, 3.63) is 40.6 Å². The van der Waals surface area contributed by atoms with Crippen molar-refractivity contribution >= 4 is 40.7 Å². The van der Waals surface area contributed by atoms with Crippen LogP contribution in [0, 0.1) is 0 Å². The zero-order valence-electron chi connectivity index (χ0n) is 18.7. The van der Waals surface area contributed by atoms with Gasteiger partial charge in [-0.3, -0.25) is 5.10 Å². The molecule has 172 valence electrons. The van der Waals surface area contributed by atoms with Crippen molar-refractivity contribution in [1.82, 2.24) is 35.0 Å². The van der Waals surface area contributed by atoms with Crippen LogP contribution < -0.4 is 10.2 Å². The molecule has 10 nitrogen and oxygen atoms in total. The first-order valence-corrected chi connectivity index (χ1v) is 12.1. The summed E-state index contributed by atoms with van der Waals surface area (Å²) in [6.45, 7) is 5.51. The first-order chi connectivity index (χ1) is 16.0. The van der Waals surface area contributed by atoms with Gasteiger partial charge in [-0.25, -0.2) is 4.52 Å². The standard InChI is InChI=1S/C18H23N7.C4H4N2OS/c1-18(2)8-4-9-24(18)17-20-16(14-5-3-10-25(14)23-17)19-15-11-13(21-22-15)12-6-7-12;7-2-1-4-6-5-3-8-4/h3,5,10-12H,4,6-9H2,1-2H3,(H2,19,20,21,22,23);2-3H,1H2. The molecule has 4 aromatic heterocycles. The summed E-state index contributed by atoms with van der Waals surface area (Å²) in [6, 6.07) is 6.11. The van der Waals surface area contributed by atoms with E-state index < -0.39 is 0 Å². The van der Waals surface area contributed by atoms with Gasteiger partial charge in [0.15, 0.2) is 11.6 Å². The molecule has 2 N–H and O–H groups in total. The third-order valence-electron chi connectivity index (χ3n) is 6.05. The quantitative estimate of drug-likeness (QED) is 0.414. The maximum absolute atomic E-state index is 9.81. The lowest BCUT2D eigenvalue weighted by Gasteiger charge is -2.31. The highest BCUT2D eigenvalue weighted by Crippen LogP contribution is 2.40. The fourth-order valence-electron chi connectivity index (χ4n) is 4.09. The van der Waals surface area contributed by atoms with Crippen molar-refractivity contribution in [3.8, 4) is 0 Å². The van der Waals surface area contributed by atoms with E-state index in [-0.39, 0.29) is 5.54 Å². The van der Waals surface area contributed by atoms with Crippen LogP contribution in [-0.4, -0.2) is 53.4 Å². The predicted molar refractivity (Wildman–Crippen MR) is 127 cm³/mol. The molecule has 0 atom stereocenters. The van der Waals surface area contributed by atoms with Gasteiger partial charge in [0.1, 0.15) is 22.3 Å². The second-order valence-electron chi connectivity index (χ2n) is 8.98. The predicted octanol–water partition coefficient (Wildman–Crippen LogP) is 3.73. The van der Waals surface area contributed by atoms with Crippen molar-refractivity contribution in [2.24, 2.45) is 0 Å². The van der Waals surface area contributed by atoms with Crippen molar-refractivity contribution < 1.29 is 4.79 Å². The number of aromatic amines is 1. The van der Waals surface area contributed by atoms with Crippen LogP contribution in [0.2, 0.25) is 0 Å². The fraction of sp³-hybridized carbons (Fsp3) is 0.455. The molecule has 0 unspecified atom stereocenters. The van der Waals surface area contributed by atoms with Crippen LogP contribution in [0.1, 0.15) is 56.2 Å². The number of nitrogens with zero attached hydrogens (tertiary/aromatic N) is 7. The number of rotatable bonds is 6. The smallest absolute Gasteiger partial charge is 0.246 e. The lowest BCUT2D eigenvalue weighted by atomic mass is 10.0. The van der Waals surface area contributed by atoms with Crippen LogP contribution in [0.5, 0.6) is 0 Å². The SMILES string of the molecule is CC1(C)CCCN1c1nc(Nc2cc(C3CC3)[nH]n2)c2cccn2n1.O=CCc1nncs1. The van der Waals surface area contributed by atoms with Crippen LogP contribution in [0.25, 0.3) is 5.52 Å². The average molecular weight is 466 g/mol. The van der Waals surface area contributed by atoms with Gasteiger partial charge < -0.3 is 15.0 Å². The molecule has 1 aliphatic heterocycles. The van der Waals surface area contributed by atoms with Crippen LogP contribution >= 0.6 is 11.3 Å². The maximum atomic E-state index is 9.81. The van der Waals surface area contributed by atoms with E-state index in [9.17, 15) is 4.79 Å². The zero-order chi connectivity index (χ0) is 22.8. The Morgan fingerprint density at radius 1 is 1.36 bits per heavy atom. The monoisotopic (exact) mass is 465 g/mol. The molecule has 2 aliphatic rings. The molecule has 2 fully saturated rings. The second kappa shape index (κ2) is 8.89. The van der Waals surface area contributed by atoms with Gasteiger partial charge in [-0.2, -0.15) is 10.1 Å². The number of anilines is 3. The largest absolute Gasteiger partial charge is 0.334 e. The number of carbonyl (C=O) groups excluding carboxylic acids is 1. The van der Waals surface area contributed by atoms with E-state index in [4.69, 9.17) is 10.1 Å². The number of aldehydes is 1. The summed E-state index contributed by atoms with van der Waals surface area (Å²) in [7, 11) is 0. The molecular formula is C22H27N9OS. The normalized spacial score (nSPS) is 17.1. The van der Waals surface area contributed by atoms with Gasteiger partial charge in [0.2, 0.25) is 5.95 Å². The summed E-state index contributed by atoms with van der Waals surface area (Å²) in [4.78, 5) is 17.0. The Morgan fingerprint density at radius 3 is 2.94 bits per heavy atom. The van der Waals surface area contributed by atoms with Crippen molar-refractivity contribution in [2.45, 2.75) is 57.4 Å². The highest BCUT2D eigenvalue weighted by atomic mass is 32.1. The van der Waals surface area contributed by atoms with E-state index in [1.807, 2.05) is 22.8 Å². The number of H-pyrrole nitrogens is 1. The van der Waals surface area contributed by atoms with Gasteiger partial charge >= 0.3 is 0 Å². The van der Waals surface area contributed by atoms with Gasteiger partial charge in [-0.05, 0) is 51.7 Å². The fourth-order valence-corrected chi connectivity index (χ4v) is 4.56. The summed E-state index contributed by atoms with van der Waals surface area (Å²) in [5.41, 5.74) is 3.86. The minimum absolute atomic E-state index is 0.0869. The molecule has 0 amide bonds. The van der Waals surface area contributed by atoms with E-state index in [2.05, 4.69) is 50.5 Å². The number of nitrogens with one attached hydrogen (secondary N) is 2. The molecular weight excluding hydrogens is 438 g/mol. The lowest BCUT2D eigenvalue weighted by Crippen LogP contribution is -2.39. The van der Waals surface area contributed by atoms with Gasteiger partial charge in [0.05, 0.1) is 6.42 Å². The Hall–Kier alpha value is -3.34. The highest BCUT2D eigenvalue weighted by molar-refractivity contribution is 7.09. The molecule has 0 aromatic carbocycles. The third kappa shape index (κ3) is 4.72. The Balaban J connectivity index is 0.000000243. The molecule has 6 rings (SSSR count). The molecule has 0 spiro atoms. The number of hydrogen-bond donors (Lipinski definition) is 2. The third-order valence-corrected chi connectivity index (χ3v) is 6.77. The highest BCUT2D eigenvalue weighted by Gasteiger charge is 2.34. The molecule has 11 heteroatoms. The summed E-state index contributed by atoms with van der Waals surface area (Å²) >= 11 is 1.39. The van der Waals surface area contributed by atoms with Gasteiger partial charge in [-0.1, -0.05) is 0 Å². The topological polar surface area (TPSA) is 117 Å². The number of aromatic nitrogens is 7. The van der Waals surface area contributed by atoms with Crippen LogP contribution in [0.4, 0.5) is 17.6 Å². The van der Waals surface area contributed by atoms with E-state index in [1.54, 1.807) is 5.51 Å². The number of carbonyl (C=O) groups is 1. The van der Waals surface area contributed by atoms with Crippen molar-refractivity contribution in [3.63, 3.8) is 0 Å². The van der Waals surface area contributed by atoms with E-state index in [0.29, 0.717) is 12.3 Å². The Morgan fingerprint density at radius 2 is 2.24 bits per heavy atom. The van der Waals surface area contributed by atoms with Crippen LogP contribution in [0.15, 0.2) is 29.9 Å². The molecule has 1 saturated heterocycles. The lowest BCUT2D eigenvalue weighted by molar-refractivity contribution is -0.107. The number of hydrogen-bond acceptors (Lipinski definition) is 9. The Bertz CT molecular complexity index is 1230. The molecule has 0 radical (unpaired) electrons. The van der Waals surface area contributed by atoms with E-state index in [0.717, 1.165) is 47.4 Å². The maximum Gasteiger partial charge on any atom is 0.246 e. The minimum Gasteiger partial charge on any atom is -0.334 e. The second-order valence-corrected chi connectivity index (χ2v) is 9.89. The summed E-state index contributed by atoms with van der Waals surface area (Å²) in [5, 5.41) is 23.6. The summed E-state index contributed by atoms with van der Waals surface area (Å²) in [6.07, 6.45) is 8.03. The summed E-state index contributed by atoms with van der Waals surface area (Å²) in [5.74, 6) is 3.04. The molecule has 33 heavy (non-hydrogen) atoms. The Kier molecular flexibility index (Phi) is 5.79. The van der Waals surface area contributed by atoms with E-state index >= 15 is 0 Å². The van der Waals surface area contributed by atoms with Crippen LogP contribution in [-0.2, 0) is 11.2 Å². The van der Waals surface area contributed by atoms with E-state index in [1.165, 1.54) is 36.3 Å². The number of fused-ring (bicyclic) bond motifs is 1. The molecule has 1 aliphatic carbocycles. The molecule has 1 saturated carbocycles. The first kappa shape index (κ1) is 21.5. The van der Waals surface area contributed by atoms with Gasteiger partial charge in [0.25, 0.3) is 0 Å². The average Bonchev–Trinajstić information content (AvgIpc) is 3.21. The zero-order valence-corrected chi connectivity index (χ0v) is 19.5. The molecule has 0 bridgehead atoms. The van der Waals surface area contributed by atoms with Gasteiger partial charge in [-0.15, -0.1) is 26.6 Å². The molecule has 5 heterocycles. The Labute approximate surface area is 195 Å². The molecule has 4 aromatic rings. The first-order valence-electron chi connectivity index (χ1n) is 11.2. The van der Waals surface area contributed by atoms with Crippen molar-refractivity contribution in [1.29, 1.82) is 0 Å². The van der Waals surface area contributed by atoms with Crippen molar-refractivity contribution in [2.75, 3.05) is 16.8 Å². The van der Waals surface area contributed by atoms with Gasteiger partial charge in [0, 0.05) is 36.0 Å². The summed E-state index contributed by atoms with van der Waals surface area (Å²) < 4.78 is 1.90. The minimum atomic E-state index is 0.0869. The van der Waals surface area contributed by atoms with Crippen LogP contribution in [0.3, 0.4) is 0 Å².